The van der Waals surface area contributed by atoms with Crippen LogP contribution in [0.3, 0.4) is 0 Å². The normalized spacial score (nSPS) is 27.7. The molecule has 2 amide bonds. The van der Waals surface area contributed by atoms with Crippen molar-refractivity contribution in [3.63, 3.8) is 0 Å². The van der Waals surface area contributed by atoms with Crippen LogP contribution in [0.25, 0.3) is 0 Å². The van der Waals surface area contributed by atoms with Gasteiger partial charge in [-0.1, -0.05) is 0 Å². The van der Waals surface area contributed by atoms with Gasteiger partial charge in [-0.3, -0.25) is 14.9 Å². The third-order valence-corrected chi connectivity index (χ3v) is 3.13. The highest BCUT2D eigenvalue weighted by Gasteiger charge is 2.29. The predicted molar refractivity (Wildman–Crippen MR) is 58.9 cm³/mol. The second kappa shape index (κ2) is 4.80. The van der Waals surface area contributed by atoms with Crippen molar-refractivity contribution in [1.82, 2.24) is 20.4 Å². The highest BCUT2D eigenvalue weighted by molar-refractivity contribution is 5.86. The Labute approximate surface area is 95.0 Å². The monoisotopic (exact) mass is 226 g/mol. The van der Waals surface area contributed by atoms with Gasteiger partial charge in [-0.05, 0) is 7.05 Å². The number of carbonyl (C=O) groups is 2. The molecule has 1 atom stereocenters. The molecule has 2 saturated heterocycles. The Balaban J connectivity index is 1.85. The topological polar surface area (TPSA) is 64.7 Å². The van der Waals surface area contributed by atoms with Gasteiger partial charge in [-0.2, -0.15) is 0 Å². The SMILES string of the molecule is CN1CCN(C(=O)C2CNC(=O)CN2)CC1. The van der Waals surface area contributed by atoms with Gasteiger partial charge >= 0.3 is 0 Å². The summed E-state index contributed by atoms with van der Waals surface area (Å²) in [5.74, 6) is 0.0653. The number of rotatable bonds is 1. The fourth-order valence-electron chi connectivity index (χ4n) is 1.99. The van der Waals surface area contributed by atoms with Crippen LogP contribution in [0.15, 0.2) is 0 Å². The van der Waals surface area contributed by atoms with Crippen molar-refractivity contribution in [2.24, 2.45) is 0 Å². The molecule has 16 heavy (non-hydrogen) atoms. The Kier molecular flexibility index (Phi) is 3.40. The number of nitrogens with one attached hydrogen (secondary N) is 2. The summed E-state index contributed by atoms with van der Waals surface area (Å²) in [6, 6.07) is -0.249. The first-order chi connectivity index (χ1) is 7.66. The highest BCUT2D eigenvalue weighted by atomic mass is 16.2. The van der Waals surface area contributed by atoms with E-state index in [9.17, 15) is 9.59 Å². The lowest BCUT2D eigenvalue weighted by Crippen LogP contribution is -2.60. The van der Waals surface area contributed by atoms with Crippen molar-refractivity contribution < 1.29 is 9.59 Å². The fraction of sp³-hybridized carbons (Fsp3) is 0.800. The average molecular weight is 226 g/mol. The summed E-state index contributed by atoms with van der Waals surface area (Å²) in [6.07, 6.45) is 0. The van der Waals surface area contributed by atoms with Gasteiger partial charge in [0.1, 0.15) is 6.04 Å². The maximum atomic E-state index is 12.1. The molecular weight excluding hydrogens is 208 g/mol. The summed E-state index contributed by atoms with van der Waals surface area (Å²) in [4.78, 5) is 27.1. The minimum absolute atomic E-state index is 0.0394. The second-order valence-electron chi connectivity index (χ2n) is 4.37. The van der Waals surface area contributed by atoms with Gasteiger partial charge in [-0.15, -0.1) is 0 Å². The molecule has 0 spiro atoms. The maximum absolute atomic E-state index is 12.1. The van der Waals surface area contributed by atoms with E-state index < -0.39 is 0 Å². The first-order valence-corrected chi connectivity index (χ1v) is 5.64. The van der Waals surface area contributed by atoms with Crippen molar-refractivity contribution in [2.45, 2.75) is 6.04 Å². The van der Waals surface area contributed by atoms with E-state index in [0.717, 1.165) is 26.2 Å². The fourth-order valence-corrected chi connectivity index (χ4v) is 1.99. The van der Waals surface area contributed by atoms with Gasteiger partial charge in [-0.25, -0.2) is 0 Å². The molecule has 2 aliphatic heterocycles. The van der Waals surface area contributed by atoms with Gasteiger partial charge in [0.15, 0.2) is 0 Å². The molecule has 2 rings (SSSR count). The number of carbonyl (C=O) groups excluding carboxylic acids is 2. The lowest BCUT2D eigenvalue weighted by molar-refractivity contribution is -0.136. The molecule has 6 heteroatoms. The molecule has 2 aliphatic rings. The zero-order valence-corrected chi connectivity index (χ0v) is 9.53. The number of piperazine rings is 2. The summed E-state index contributed by atoms with van der Waals surface area (Å²) in [6.45, 7) is 4.05. The molecule has 0 aromatic carbocycles. The maximum Gasteiger partial charge on any atom is 0.241 e. The molecule has 0 aliphatic carbocycles. The molecule has 90 valence electrons. The van der Waals surface area contributed by atoms with Crippen LogP contribution in [0.4, 0.5) is 0 Å². The number of likely N-dealkylation sites (N-methyl/N-ethyl adjacent to an activating group) is 1. The molecule has 2 fully saturated rings. The minimum atomic E-state index is -0.249. The third-order valence-electron chi connectivity index (χ3n) is 3.13. The zero-order valence-electron chi connectivity index (χ0n) is 9.53. The molecule has 2 N–H and O–H groups in total. The van der Waals surface area contributed by atoms with Crippen LogP contribution in [0.5, 0.6) is 0 Å². The lowest BCUT2D eigenvalue weighted by atomic mass is 10.2. The first-order valence-electron chi connectivity index (χ1n) is 5.64. The average Bonchev–Trinajstić information content (AvgIpc) is 2.30. The standard InChI is InChI=1S/C10H18N4O2/c1-13-2-4-14(5-3-13)10(16)8-6-12-9(15)7-11-8/h8,11H,2-7H2,1H3,(H,12,15). The van der Waals surface area contributed by atoms with Crippen LogP contribution < -0.4 is 10.6 Å². The minimum Gasteiger partial charge on any atom is -0.353 e. The highest BCUT2D eigenvalue weighted by Crippen LogP contribution is 2.03. The van der Waals surface area contributed by atoms with Crippen molar-refractivity contribution in [3.8, 4) is 0 Å². The van der Waals surface area contributed by atoms with Crippen molar-refractivity contribution in [1.29, 1.82) is 0 Å². The van der Waals surface area contributed by atoms with E-state index in [2.05, 4.69) is 22.6 Å². The predicted octanol–water partition coefficient (Wildman–Crippen LogP) is -2.15. The molecular formula is C10H18N4O2. The van der Waals surface area contributed by atoms with Gasteiger partial charge in [0.2, 0.25) is 11.8 Å². The Bertz CT molecular complexity index is 277. The Hall–Kier alpha value is -1.14. The van der Waals surface area contributed by atoms with E-state index in [1.807, 2.05) is 4.90 Å². The van der Waals surface area contributed by atoms with Crippen LogP contribution in [-0.4, -0.2) is 74.0 Å². The molecule has 0 saturated carbocycles. The number of hydrogen-bond donors (Lipinski definition) is 2. The van der Waals surface area contributed by atoms with E-state index in [1.54, 1.807) is 0 Å². The van der Waals surface area contributed by atoms with E-state index >= 15 is 0 Å². The lowest BCUT2D eigenvalue weighted by Gasteiger charge is -2.35. The van der Waals surface area contributed by atoms with Gasteiger partial charge < -0.3 is 15.1 Å². The van der Waals surface area contributed by atoms with Crippen LogP contribution in [0.1, 0.15) is 0 Å². The summed E-state index contributed by atoms with van der Waals surface area (Å²) in [5, 5.41) is 5.66. The number of hydrogen-bond acceptors (Lipinski definition) is 4. The summed E-state index contributed by atoms with van der Waals surface area (Å²) in [5.41, 5.74) is 0. The van der Waals surface area contributed by atoms with Crippen molar-refractivity contribution >= 4 is 11.8 Å². The molecule has 0 aromatic heterocycles. The summed E-state index contributed by atoms with van der Waals surface area (Å²) >= 11 is 0. The quantitative estimate of drug-likeness (QED) is 0.535. The van der Waals surface area contributed by atoms with Crippen LogP contribution in [0, 0.1) is 0 Å². The molecule has 0 radical (unpaired) electrons. The van der Waals surface area contributed by atoms with E-state index in [1.165, 1.54) is 0 Å². The van der Waals surface area contributed by atoms with Crippen molar-refractivity contribution in [3.05, 3.63) is 0 Å². The number of amides is 2. The van der Waals surface area contributed by atoms with E-state index in [0.29, 0.717) is 6.54 Å². The molecule has 0 aromatic rings. The molecule has 1 unspecified atom stereocenters. The summed E-state index contributed by atoms with van der Waals surface area (Å²) in [7, 11) is 2.06. The third kappa shape index (κ3) is 2.51. The van der Waals surface area contributed by atoms with Gasteiger partial charge in [0, 0.05) is 32.7 Å². The largest absolute Gasteiger partial charge is 0.353 e. The Morgan fingerprint density at radius 2 is 2.00 bits per heavy atom. The Morgan fingerprint density at radius 3 is 2.56 bits per heavy atom. The summed E-state index contributed by atoms with van der Waals surface area (Å²) < 4.78 is 0. The zero-order chi connectivity index (χ0) is 11.5. The second-order valence-corrected chi connectivity index (χ2v) is 4.37. The van der Waals surface area contributed by atoms with E-state index in [-0.39, 0.29) is 24.4 Å². The van der Waals surface area contributed by atoms with Crippen LogP contribution in [0.2, 0.25) is 0 Å². The smallest absolute Gasteiger partial charge is 0.241 e. The first kappa shape index (κ1) is 11.3. The Morgan fingerprint density at radius 1 is 1.31 bits per heavy atom. The van der Waals surface area contributed by atoms with Gasteiger partial charge in [0.05, 0.1) is 6.54 Å². The van der Waals surface area contributed by atoms with Crippen LogP contribution in [-0.2, 0) is 9.59 Å². The van der Waals surface area contributed by atoms with E-state index in [4.69, 9.17) is 0 Å². The van der Waals surface area contributed by atoms with Crippen molar-refractivity contribution in [2.75, 3.05) is 46.3 Å². The number of nitrogens with zero attached hydrogens (tertiary/aromatic N) is 2. The molecule has 2 heterocycles. The van der Waals surface area contributed by atoms with Gasteiger partial charge in [0.25, 0.3) is 0 Å². The molecule has 0 bridgehead atoms. The van der Waals surface area contributed by atoms with Crippen LogP contribution >= 0.6 is 0 Å². The molecule has 6 nitrogen and oxygen atoms in total.